The highest BCUT2D eigenvalue weighted by Gasteiger charge is 2.73. The van der Waals surface area contributed by atoms with Gasteiger partial charge in [0.1, 0.15) is 25.0 Å². The van der Waals surface area contributed by atoms with E-state index in [1.165, 1.54) is 6.42 Å². The van der Waals surface area contributed by atoms with E-state index in [0.29, 0.717) is 36.3 Å². The second kappa shape index (κ2) is 8.26. The third kappa shape index (κ3) is 3.38. The lowest BCUT2D eigenvalue weighted by Crippen LogP contribution is -2.59. The molecule has 2 saturated heterocycles. The molecule has 3 aromatic rings. The standard InChI is InChI=1S/C28H29N5O3/c1-34-20-3-4-23-22(11-20)21(18(13-29)14-30-23)6-7-32-16-28-12-26(28)33(15-27(28)32)17-31-19-2-5-24-25(10-19)36-9-8-35-24/h2-5,10-11,14,26-27,31H,6-9,12,15-17H2,1H3/t26-,27?,28-/m0/s1. The monoisotopic (exact) mass is 483 g/mol. The number of pyridine rings is 1. The molecule has 8 heteroatoms. The third-order valence-corrected chi connectivity index (χ3v) is 8.51. The van der Waals surface area contributed by atoms with Crippen LogP contribution in [0.4, 0.5) is 5.69 Å². The SMILES string of the molecule is COc1ccc2ncc(C#N)c(CCN3C[C@@]45C[C@@H]4N(CNc4ccc6c(c4)OCCO6)CC35)c2c1. The van der Waals surface area contributed by atoms with Gasteiger partial charge in [0.05, 0.1) is 24.9 Å². The summed E-state index contributed by atoms with van der Waals surface area (Å²) in [6, 6.07) is 15.6. The van der Waals surface area contributed by atoms with Crippen LogP contribution in [-0.4, -0.2) is 73.5 Å². The van der Waals surface area contributed by atoms with Crippen molar-refractivity contribution in [2.75, 3.05) is 51.9 Å². The quantitative estimate of drug-likeness (QED) is 0.549. The maximum Gasteiger partial charge on any atom is 0.163 e. The van der Waals surface area contributed by atoms with Crippen molar-refractivity contribution in [3.05, 3.63) is 53.7 Å². The van der Waals surface area contributed by atoms with Gasteiger partial charge >= 0.3 is 0 Å². The molecular weight excluding hydrogens is 454 g/mol. The predicted octanol–water partition coefficient (Wildman–Crippen LogP) is 3.26. The Morgan fingerprint density at radius 3 is 2.89 bits per heavy atom. The fourth-order valence-corrected chi connectivity index (χ4v) is 6.54. The van der Waals surface area contributed by atoms with Crippen LogP contribution in [0.3, 0.4) is 0 Å². The fourth-order valence-electron chi connectivity index (χ4n) is 6.54. The second-order valence-electron chi connectivity index (χ2n) is 10.3. The summed E-state index contributed by atoms with van der Waals surface area (Å²) in [4.78, 5) is 9.68. The summed E-state index contributed by atoms with van der Waals surface area (Å²) in [5.74, 6) is 2.43. The van der Waals surface area contributed by atoms with Gasteiger partial charge in [0, 0.05) is 60.5 Å². The average molecular weight is 484 g/mol. The largest absolute Gasteiger partial charge is 0.497 e. The van der Waals surface area contributed by atoms with E-state index in [1.54, 1.807) is 13.3 Å². The number of rotatable bonds is 7. The molecule has 0 amide bonds. The number of hydrogen-bond acceptors (Lipinski definition) is 8. The van der Waals surface area contributed by atoms with Crippen molar-refractivity contribution in [1.82, 2.24) is 14.8 Å². The Labute approximate surface area is 210 Å². The van der Waals surface area contributed by atoms with Crippen molar-refractivity contribution in [3.63, 3.8) is 0 Å². The first kappa shape index (κ1) is 21.7. The second-order valence-corrected chi connectivity index (χ2v) is 10.3. The summed E-state index contributed by atoms with van der Waals surface area (Å²) in [5, 5.41) is 14.3. The van der Waals surface area contributed by atoms with Gasteiger partial charge in [-0.05, 0) is 48.7 Å². The van der Waals surface area contributed by atoms with Gasteiger partial charge in [-0.15, -0.1) is 0 Å². The summed E-state index contributed by atoms with van der Waals surface area (Å²) in [7, 11) is 1.67. The summed E-state index contributed by atoms with van der Waals surface area (Å²) in [6.45, 7) is 5.23. The van der Waals surface area contributed by atoms with Crippen LogP contribution >= 0.6 is 0 Å². The van der Waals surface area contributed by atoms with E-state index in [0.717, 1.165) is 72.1 Å². The molecule has 1 unspecified atom stereocenters. The highest BCUT2D eigenvalue weighted by atomic mass is 16.6. The number of likely N-dealkylation sites (tertiary alicyclic amines) is 2. The van der Waals surface area contributed by atoms with Gasteiger partial charge in [-0.2, -0.15) is 5.26 Å². The van der Waals surface area contributed by atoms with Crippen LogP contribution in [-0.2, 0) is 6.42 Å². The molecule has 4 aliphatic rings. The van der Waals surface area contributed by atoms with Crippen LogP contribution in [0, 0.1) is 16.7 Å². The minimum absolute atomic E-state index is 0.468. The maximum atomic E-state index is 9.73. The van der Waals surface area contributed by atoms with Crippen LogP contribution in [0.25, 0.3) is 10.9 Å². The van der Waals surface area contributed by atoms with Gasteiger partial charge in [-0.25, -0.2) is 0 Å². The molecule has 3 fully saturated rings. The highest BCUT2D eigenvalue weighted by Crippen LogP contribution is 2.64. The average Bonchev–Trinajstić information content (AvgIpc) is 3.62. The van der Waals surface area contributed by atoms with Crippen molar-refractivity contribution in [2.24, 2.45) is 5.41 Å². The van der Waals surface area contributed by atoms with Crippen molar-refractivity contribution in [3.8, 4) is 23.3 Å². The first-order valence-corrected chi connectivity index (χ1v) is 12.7. The molecule has 0 radical (unpaired) electrons. The molecule has 36 heavy (non-hydrogen) atoms. The van der Waals surface area contributed by atoms with Crippen molar-refractivity contribution >= 4 is 16.6 Å². The highest BCUT2D eigenvalue weighted by molar-refractivity contribution is 5.85. The Morgan fingerprint density at radius 1 is 1.14 bits per heavy atom. The Morgan fingerprint density at radius 2 is 2.03 bits per heavy atom. The topological polar surface area (TPSA) is 82.9 Å². The summed E-state index contributed by atoms with van der Waals surface area (Å²) in [5.41, 5.74) is 4.17. The smallest absolute Gasteiger partial charge is 0.163 e. The zero-order valence-electron chi connectivity index (χ0n) is 20.4. The molecule has 2 aromatic carbocycles. The first-order valence-electron chi connectivity index (χ1n) is 12.7. The number of nitriles is 1. The molecule has 3 atom stereocenters. The lowest BCUT2D eigenvalue weighted by molar-refractivity contribution is 0.0157. The van der Waals surface area contributed by atoms with Gasteiger partial charge in [0.25, 0.3) is 0 Å². The zero-order valence-corrected chi connectivity index (χ0v) is 20.4. The Kier molecular flexibility index (Phi) is 4.98. The molecule has 184 valence electrons. The number of benzene rings is 2. The molecule has 1 spiro atoms. The molecule has 7 rings (SSSR count). The normalized spacial score (nSPS) is 26.0. The van der Waals surface area contributed by atoms with Gasteiger partial charge in [0.2, 0.25) is 0 Å². The number of fused-ring (bicyclic) bond motifs is 2. The molecular formula is C28H29N5O3. The van der Waals surface area contributed by atoms with Gasteiger partial charge in [-0.3, -0.25) is 14.8 Å². The molecule has 1 aliphatic carbocycles. The molecule has 0 bridgehead atoms. The summed E-state index contributed by atoms with van der Waals surface area (Å²) < 4.78 is 16.8. The Bertz CT molecular complexity index is 1390. The van der Waals surface area contributed by atoms with E-state index in [1.807, 2.05) is 30.3 Å². The summed E-state index contributed by atoms with van der Waals surface area (Å²) in [6.07, 6.45) is 3.83. The number of anilines is 1. The minimum Gasteiger partial charge on any atom is -0.497 e. The van der Waals surface area contributed by atoms with Gasteiger partial charge in [-0.1, -0.05) is 0 Å². The molecule has 4 heterocycles. The number of piperidine rings is 1. The third-order valence-electron chi connectivity index (χ3n) is 8.51. The number of nitrogens with one attached hydrogen (secondary N) is 1. The number of methoxy groups -OCH3 is 1. The maximum absolute atomic E-state index is 9.73. The van der Waals surface area contributed by atoms with Gasteiger partial charge < -0.3 is 19.5 Å². The van der Waals surface area contributed by atoms with Crippen LogP contribution in [0.15, 0.2) is 42.6 Å². The van der Waals surface area contributed by atoms with E-state index in [-0.39, 0.29) is 0 Å². The number of nitrogens with zero attached hydrogens (tertiary/aromatic N) is 4. The lowest BCUT2D eigenvalue weighted by atomic mass is 9.85. The van der Waals surface area contributed by atoms with E-state index < -0.39 is 0 Å². The molecule has 1 aromatic heterocycles. The van der Waals surface area contributed by atoms with Gasteiger partial charge in [0.15, 0.2) is 11.5 Å². The molecule has 1 N–H and O–H groups in total. The summed E-state index contributed by atoms with van der Waals surface area (Å²) >= 11 is 0. The Balaban J connectivity index is 1.01. The first-order chi connectivity index (χ1) is 17.7. The molecule has 1 saturated carbocycles. The van der Waals surface area contributed by atoms with E-state index in [2.05, 4.69) is 32.2 Å². The fraction of sp³-hybridized carbons (Fsp3) is 0.429. The van der Waals surface area contributed by atoms with Crippen molar-refractivity contribution in [2.45, 2.75) is 24.9 Å². The van der Waals surface area contributed by atoms with E-state index in [4.69, 9.17) is 14.2 Å². The zero-order chi connectivity index (χ0) is 24.3. The number of ether oxygens (including phenoxy) is 3. The van der Waals surface area contributed by atoms with Crippen molar-refractivity contribution in [1.29, 1.82) is 5.26 Å². The Hall–Kier alpha value is -3.54. The van der Waals surface area contributed by atoms with Crippen LogP contribution in [0.5, 0.6) is 17.2 Å². The van der Waals surface area contributed by atoms with Crippen LogP contribution < -0.4 is 19.5 Å². The number of aromatic nitrogens is 1. The minimum atomic E-state index is 0.468. The molecule has 3 aliphatic heterocycles. The van der Waals surface area contributed by atoms with E-state index >= 15 is 0 Å². The predicted molar refractivity (Wildman–Crippen MR) is 136 cm³/mol. The van der Waals surface area contributed by atoms with Crippen LogP contribution in [0.1, 0.15) is 17.5 Å². The number of hydrogen-bond donors (Lipinski definition) is 1. The molecule has 8 nitrogen and oxygen atoms in total. The van der Waals surface area contributed by atoms with Crippen molar-refractivity contribution < 1.29 is 14.2 Å². The van der Waals surface area contributed by atoms with E-state index in [9.17, 15) is 5.26 Å². The lowest BCUT2D eigenvalue weighted by Gasteiger charge is -2.47. The van der Waals surface area contributed by atoms with Crippen LogP contribution in [0.2, 0.25) is 0 Å².